The molecule has 1 aromatic rings. The second kappa shape index (κ2) is 9.25. The lowest BCUT2D eigenvalue weighted by Gasteiger charge is -2.18. The van der Waals surface area contributed by atoms with Crippen molar-refractivity contribution in [2.75, 3.05) is 45.7 Å². The number of guanidine groups is 1. The SMILES string of the molecule is COc1ccc(OC)c(NC(N)=NCCN2CCCCCC2)c1. The lowest BCUT2D eigenvalue weighted by Crippen LogP contribution is -2.29. The minimum absolute atomic E-state index is 0.395. The highest BCUT2D eigenvalue weighted by molar-refractivity contribution is 5.94. The second-order valence-electron chi connectivity index (χ2n) is 5.71. The average Bonchev–Trinajstić information content (AvgIpc) is 2.83. The van der Waals surface area contributed by atoms with Gasteiger partial charge in [-0.1, -0.05) is 12.8 Å². The quantitative estimate of drug-likeness (QED) is 0.621. The number of nitrogens with one attached hydrogen (secondary N) is 1. The molecular formula is C17H28N4O2. The molecule has 0 aromatic heterocycles. The van der Waals surface area contributed by atoms with Crippen molar-refractivity contribution in [1.29, 1.82) is 0 Å². The van der Waals surface area contributed by atoms with E-state index in [0.29, 0.717) is 18.3 Å². The largest absolute Gasteiger partial charge is 0.497 e. The van der Waals surface area contributed by atoms with E-state index in [9.17, 15) is 0 Å². The summed E-state index contributed by atoms with van der Waals surface area (Å²) in [5.41, 5.74) is 6.74. The lowest BCUT2D eigenvalue weighted by atomic mass is 10.2. The number of aliphatic imine (C=N–C) groups is 1. The van der Waals surface area contributed by atoms with Crippen molar-refractivity contribution in [3.05, 3.63) is 18.2 Å². The highest BCUT2D eigenvalue weighted by Gasteiger charge is 2.09. The number of anilines is 1. The van der Waals surface area contributed by atoms with Gasteiger partial charge in [-0.2, -0.15) is 0 Å². The van der Waals surface area contributed by atoms with Crippen LogP contribution in [0.4, 0.5) is 5.69 Å². The normalized spacial score (nSPS) is 16.7. The molecular weight excluding hydrogens is 292 g/mol. The summed E-state index contributed by atoms with van der Waals surface area (Å²) in [5.74, 6) is 1.84. The highest BCUT2D eigenvalue weighted by Crippen LogP contribution is 2.28. The molecule has 128 valence electrons. The monoisotopic (exact) mass is 320 g/mol. The van der Waals surface area contributed by atoms with Gasteiger partial charge in [0.1, 0.15) is 11.5 Å². The first-order valence-corrected chi connectivity index (χ1v) is 8.24. The van der Waals surface area contributed by atoms with Gasteiger partial charge in [-0.3, -0.25) is 4.99 Å². The molecule has 1 aliphatic rings. The van der Waals surface area contributed by atoms with E-state index in [2.05, 4.69) is 15.2 Å². The first kappa shape index (κ1) is 17.4. The van der Waals surface area contributed by atoms with Crippen LogP contribution in [0.2, 0.25) is 0 Å². The summed E-state index contributed by atoms with van der Waals surface area (Å²) < 4.78 is 10.5. The summed E-state index contributed by atoms with van der Waals surface area (Å²) in [4.78, 5) is 6.89. The predicted octanol–water partition coefficient (Wildman–Crippen LogP) is 2.31. The van der Waals surface area contributed by atoms with E-state index in [-0.39, 0.29) is 0 Å². The smallest absolute Gasteiger partial charge is 0.193 e. The number of nitrogens with two attached hydrogens (primary N) is 1. The Morgan fingerprint density at radius 3 is 2.57 bits per heavy atom. The van der Waals surface area contributed by atoms with E-state index in [1.165, 1.54) is 38.8 Å². The first-order chi connectivity index (χ1) is 11.2. The molecule has 0 bridgehead atoms. The van der Waals surface area contributed by atoms with Gasteiger partial charge >= 0.3 is 0 Å². The molecule has 6 nitrogen and oxygen atoms in total. The van der Waals surface area contributed by atoms with Gasteiger partial charge < -0.3 is 25.4 Å². The average molecular weight is 320 g/mol. The number of likely N-dealkylation sites (tertiary alicyclic amines) is 1. The zero-order valence-corrected chi connectivity index (χ0v) is 14.2. The lowest BCUT2D eigenvalue weighted by molar-refractivity contribution is 0.293. The molecule has 3 N–H and O–H groups in total. The molecule has 0 amide bonds. The molecule has 0 unspecified atom stereocenters. The second-order valence-corrected chi connectivity index (χ2v) is 5.71. The van der Waals surface area contributed by atoms with Crippen LogP contribution >= 0.6 is 0 Å². The predicted molar refractivity (Wildman–Crippen MR) is 94.6 cm³/mol. The molecule has 0 radical (unpaired) electrons. The van der Waals surface area contributed by atoms with Crippen LogP contribution in [-0.4, -0.2) is 51.3 Å². The molecule has 6 heteroatoms. The number of methoxy groups -OCH3 is 2. The number of nitrogens with zero attached hydrogens (tertiary/aromatic N) is 2. The Bertz CT molecular complexity index is 511. The van der Waals surface area contributed by atoms with Crippen LogP contribution in [0.3, 0.4) is 0 Å². The number of hydrogen-bond acceptors (Lipinski definition) is 4. The molecule has 23 heavy (non-hydrogen) atoms. The molecule has 0 aliphatic carbocycles. The van der Waals surface area contributed by atoms with E-state index in [0.717, 1.165) is 18.0 Å². The van der Waals surface area contributed by atoms with Crippen LogP contribution in [0.15, 0.2) is 23.2 Å². The van der Waals surface area contributed by atoms with Gasteiger partial charge in [-0.05, 0) is 38.1 Å². The van der Waals surface area contributed by atoms with Gasteiger partial charge in [-0.15, -0.1) is 0 Å². The Hall–Kier alpha value is -1.95. The minimum Gasteiger partial charge on any atom is -0.497 e. The first-order valence-electron chi connectivity index (χ1n) is 8.24. The number of hydrogen-bond donors (Lipinski definition) is 2. The maximum atomic E-state index is 5.99. The Labute approximate surface area is 138 Å². The van der Waals surface area contributed by atoms with Crippen LogP contribution in [0.25, 0.3) is 0 Å². The van der Waals surface area contributed by atoms with Gasteiger partial charge in [0.05, 0.1) is 26.5 Å². The molecule has 1 fully saturated rings. The van der Waals surface area contributed by atoms with Crippen molar-refractivity contribution in [3.8, 4) is 11.5 Å². The van der Waals surface area contributed by atoms with Crippen LogP contribution in [0.1, 0.15) is 25.7 Å². The topological polar surface area (TPSA) is 72.1 Å². The fourth-order valence-electron chi connectivity index (χ4n) is 2.76. The van der Waals surface area contributed by atoms with E-state index in [4.69, 9.17) is 15.2 Å². The molecule has 2 rings (SSSR count). The summed E-state index contributed by atoms with van der Waals surface area (Å²) in [7, 11) is 3.25. The van der Waals surface area contributed by atoms with E-state index >= 15 is 0 Å². The zero-order valence-electron chi connectivity index (χ0n) is 14.2. The standard InChI is InChI=1S/C17H28N4O2/c1-22-14-7-8-16(23-2)15(13-14)20-17(18)19-9-12-21-10-5-3-4-6-11-21/h7-8,13H,3-6,9-12H2,1-2H3,(H3,18,19,20). The van der Waals surface area contributed by atoms with E-state index in [1.54, 1.807) is 14.2 Å². The van der Waals surface area contributed by atoms with Crippen molar-refractivity contribution in [2.24, 2.45) is 10.7 Å². The van der Waals surface area contributed by atoms with Crippen molar-refractivity contribution in [3.63, 3.8) is 0 Å². The Kier molecular flexibility index (Phi) is 7.00. The van der Waals surface area contributed by atoms with Gasteiger partial charge in [0.15, 0.2) is 5.96 Å². The molecule has 1 aromatic carbocycles. The molecule has 0 atom stereocenters. The number of benzene rings is 1. The summed E-state index contributed by atoms with van der Waals surface area (Å²) in [6, 6.07) is 5.53. The molecule has 0 saturated carbocycles. The third-order valence-electron chi connectivity index (χ3n) is 4.07. The maximum Gasteiger partial charge on any atom is 0.193 e. The Morgan fingerprint density at radius 2 is 1.91 bits per heavy atom. The van der Waals surface area contributed by atoms with Gasteiger partial charge in [-0.25, -0.2) is 0 Å². The number of ether oxygens (including phenoxy) is 2. The van der Waals surface area contributed by atoms with Crippen molar-refractivity contribution >= 4 is 11.6 Å². The Balaban J connectivity index is 1.88. The minimum atomic E-state index is 0.395. The highest BCUT2D eigenvalue weighted by atomic mass is 16.5. The Morgan fingerprint density at radius 1 is 1.17 bits per heavy atom. The molecule has 1 saturated heterocycles. The number of rotatable bonds is 6. The molecule has 1 aliphatic heterocycles. The molecule has 0 spiro atoms. The maximum absolute atomic E-state index is 5.99. The summed E-state index contributed by atoms with van der Waals surface area (Å²) in [6.45, 7) is 4.00. The van der Waals surface area contributed by atoms with Crippen LogP contribution in [0.5, 0.6) is 11.5 Å². The van der Waals surface area contributed by atoms with Crippen molar-refractivity contribution in [1.82, 2.24) is 4.90 Å². The fourth-order valence-corrected chi connectivity index (χ4v) is 2.76. The van der Waals surface area contributed by atoms with Gasteiger partial charge in [0.2, 0.25) is 0 Å². The van der Waals surface area contributed by atoms with Crippen LogP contribution in [0, 0.1) is 0 Å². The van der Waals surface area contributed by atoms with Crippen molar-refractivity contribution in [2.45, 2.75) is 25.7 Å². The van der Waals surface area contributed by atoms with Crippen molar-refractivity contribution < 1.29 is 9.47 Å². The van der Waals surface area contributed by atoms with Gasteiger partial charge in [0, 0.05) is 12.6 Å². The van der Waals surface area contributed by atoms with E-state index < -0.39 is 0 Å². The summed E-state index contributed by atoms with van der Waals surface area (Å²) >= 11 is 0. The van der Waals surface area contributed by atoms with E-state index in [1.807, 2.05) is 18.2 Å². The third kappa shape index (κ3) is 5.63. The fraction of sp³-hybridized carbons (Fsp3) is 0.588. The van der Waals surface area contributed by atoms with Gasteiger partial charge in [0.25, 0.3) is 0 Å². The van der Waals surface area contributed by atoms with Crippen LogP contribution in [-0.2, 0) is 0 Å². The molecule has 1 heterocycles. The third-order valence-corrected chi connectivity index (χ3v) is 4.07. The zero-order chi connectivity index (χ0) is 16.5. The summed E-state index contributed by atoms with van der Waals surface area (Å²) in [5, 5.41) is 3.09. The summed E-state index contributed by atoms with van der Waals surface area (Å²) in [6.07, 6.45) is 5.27. The van der Waals surface area contributed by atoms with Crippen LogP contribution < -0.4 is 20.5 Å².